The summed E-state index contributed by atoms with van der Waals surface area (Å²) in [5.41, 5.74) is 0.955. The Morgan fingerprint density at radius 1 is 1.25 bits per heavy atom. The maximum absolute atomic E-state index is 12.2. The molecule has 4 nitrogen and oxygen atoms in total. The Morgan fingerprint density at radius 2 is 2.04 bits per heavy atom. The summed E-state index contributed by atoms with van der Waals surface area (Å²) < 4.78 is 6.90. The van der Waals surface area contributed by atoms with Crippen LogP contribution in [0.4, 0.5) is 0 Å². The van der Waals surface area contributed by atoms with Gasteiger partial charge in [-0.1, -0.05) is 40.2 Å². The topological polar surface area (TPSA) is 50.4 Å². The first-order chi connectivity index (χ1) is 11.2. The fourth-order valence-electron chi connectivity index (χ4n) is 2.59. The monoisotopic (exact) mass is 410 g/mol. The molecule has 1 amide bonds. The Morgan fingerprint density at radius 3 is 2.75 bits per heavy atom. The molecule has 1 unspecified atom stereocenters. The maximum Gasteiger partial charge on any atom is 0.224 e. The van der Waals surface area contributed by atoms with E-state index in [9.17, 15) is 4.79 Å². The number of para-hydroxylation sites is 1. The molecule has 2 N–H and O–H groups in total. The third-order valence-electron chi connectivity index (χ3n) is 3.88. The van der Waals surface area contributed by atoms with Crippen molar-refractivity contribution in [2.45, 2.75) is 13.0 Å². The van der Waals surface area contributed by atoms with Gasteiger partial charge in [0.2, 0.25) is 5.91 Å². The largest absolute Gasteiger partial charge is 0.457 e. The summed E-state index contributed by atoms with van der Waals surface area (Å²) in [5.74, 6) is 1.70. The number of hydrogen-bond donors (Lipinski definition) is 2. The third-order valence-corrected chi connectivity index (χ3v) is 4.38. The van der Waals surface area contributed by atoms with Crippen molar-refractivity contribution in [2.75, 3.05) is 13.1 Å². The van der Waals surface area contributed by atoms with E-state index in [1.807, 2.05) is 48.5 Å². The lowest BCUT2D eigenvalue weighted by molar-refractivity contribution is -0.124. The Hall–Kier alpha value is -1.56. The highest BCUT2D eigenvalue weighted by molar-refractivity contribution is 9.10. The SMILES string of the molecule is Cl.O=C(NCc1ccc(Br)cc1Oc1ccccc1)C1CCNC1. The molecule has 0 saturated carbocycles. The van der Waals surface area contributed by atoms with E-state index in [1.165, 1.54) is 0 Å². The highest BCUT2D eigenvalue weighted by Gasteiger charge is 2.22. The zero-order chi connectivity index (χ0) is 16.1. The predicted molar refractivity (Wildman–Crippen MR) is 101 cm³/mol. The van der Waals surface area contributed by atoms with Crippen LogP contribution in [0.2, 0.25) is 0 Å². The minimum Gasteiger partial charge on any atom is -0.457 e. The summed E-state index contributed by atoms with van der Waals surface area (Å²) in [5, 5.41) is 6.22. The van der Waals surface area contributed by atoms with E-state index >= 15 is 0 Å². The van der Waals surface area contributed by atoms with E-state index in [2.05, 4.69) is 26.6 Å². The second-order valence-electron chi connectivity index (χ2n) is 5.57. The molecule has 0 radical (unpaired) electrons. The molecular weight excluding hydrogens is 392 g/mol. The van der Waals surface area contributed by atoms with E-state index < -0.39 is 0 Å². The first-order valence-electron chi connectivity index (χ1n) is 7.72. The Balaban J connectivity index is 0.00000208. The van der Waals surface area contributed by atoms with E-state index in [-0.39, 0.29) is 24.2 Å². The van der Waals surface area contributed by atoms with Crippen LogP contribution in [-0.2, 0) is 11.3 Å². The molecular formula is C18H20BrClN2O2. The van der Waals surface area contributed by atoms with Crippen LogP contribution in [0.15, 0.2) is 53.0 Å². The minimum absolute atomic E-state index is 0. The van der Waals surface area contributed by atoms with E-state index in [0.29, 0.717) is 6.54 Å². The van der Waals surface area contributed by atoms with Crippen molar-refractivity contribution in [1.82, 2.24) is 10.6 Å². The number of amides is 1. The lowest BCUT2D eigenvalue weighted by atomic mass is 10.1. The van der Waals surface area contributed by atoms with E-state index in [4.69, 9.17) is 4.74 Å². The third kappa shape index (κ3) is 4.97. The van der Waals surface area contributed by atoms with Gasteiger partial charge in [-0.3, -0.25) is 4.79 Å². The number of carbonyl (C=O) groups is 1. The van der Waals surface area contributed by atoms with Crippen LogP contribution in [0.25, 0.3) is 0 Å². The number of rotatable bonds is 5. The molecule has 0 aromatic heterocycles. The number of halogens is 2. The van der Waals surface area contributed by atoms with Crippen molar-refractivity contribution >= 4 is 34.2 Å². The smallest absolute Gasteiger partial charge is 0.224 e. The van der Waals surface area contributed by atoms with Gasteiger partial charge in [0, 0.05) is 23.1 Å². The van der Waals surface area contributed by atoms with Crippen LogP contribution < -0.4 is 15.4 Å². The minimum atomic E-state index is 0. The summed E-state index contributed by atoms with van der Waals surface area (Å²) in [6, 6.07) is 15.5. The lowest BCUT2D eigenvalue weighted by Gasteiger charge is -2.14. The molecule has 6 heteroatoms. The molecule has 2 aromatic carbocycles. The first-order valence-corrected chi connectivity index (χ1v) is 8.51. The number of hydrogen-bond acceptors (Lipinski definition) is 3. The van der Waals surface area contributed by atoms with Crippen molar-refractivity contribution in [3.05, 3.63) is 58.6 Å². The number of carbonyl (C=O) groups excluding carboxylic acids is 1. The van der Waals surface area contributed by atoms with Crippen LogP contribution in [0.1, 0.15) is 12.0 Å². The van der Waals surface area contributed by atoms with Crippen LogP contribution >= 0.6 is 28.3 Å². The highest BCUT2D eigenvalue weighted by Crippen LogP contribution is 2.28. The molecule has 0 aliphatic carbocycles. The zero-order valence-electron chi connectivity index (χ0n) is 13.1. The Kier molecular flexibility index (Phi) is 7.09. The molecule has 1 aliphatic rings. The van der Waals surface area contributed by atoms with Gasteiger partial charge < -0.3 is 15.4 Å². The molecule has 1 heterocycles. The fourth-order valence-corrected chi connectivity index (χ4v) is 2.93. The second-order valence-corrected chi connectivity index (χ2v) is 6.49. The van der Waals surface area contributed by atoms with Crippen molar-refractivity contribution in [2.24, 2.45) is 5.92 Å². The van der Waals surface area contributed by atoms with Crippen molar-refractivity contribution in [3.8, 4) is 11.5 Å². The molecule has 1 aliphatic heterocycles. The number of ether oxygens (including phenoxy) is 1. The van der Waals surface area contributed by atoms with Gasteiger partial charge in [-0.25, -0.2) is 0 Å². The first kappa shape index (κ1) is 18.8. The molecule has 0 spiro atoms. The summed E-state index contributed by atoms with van der Waals surface area (Å²) >= 11 is 3.47. The summed E-state index contributed by atoms with van der Waals surface area (Å²) in [4.78, 5) is 12.2. The number of benzene rings is 2. The van der Waals surface area contributed by atoms with Gasteiger partial charge in [-0.2, -0.15) is 0 Å². The van der Waals surface area contributed by atoms with Crippen LogP contribution in [0.5, 0.6) is 11.5 Å². The van der Waals surface area contributed by atoms with Gasteiger partial charge in [0.05, 0.1) is 5.92 Å². The van der Waals surface area contributed by atoms with Gasteiger partial charge in [0.1, 0.15) is 11.5 Å². The molecule has 2 aromatic rings. The lowest BCUT2D eigenvalue weighted by Crippen LogP contribution is -2.31. The molecule has 3 rings (SSSR count). The second kappa shape index (κ2) is 9.06. The molecule has 1 saturated heterocycles. The summed E-state index contributed by atoms with van der Waals surface area (Å²) in [7, 11) is 0. The van der Waals surface area contributed by atoms with Crippen molar-refractivity contribution in [3.63, 3.8) is 0 Å². The van der Waals surface area contributed by atoms with E-state index in [1.54, 1.807) is 0 Å². The molecule has 24 heavy (non-hydrogen) atoms. The van der Waals surface area contributed by atoms with Gasteiger partial charge in [0.25, 0.3) is 0 Å². The molecule has 1 fully saturated rings. The highest BCUT2D eigenvalue weighted by atomic mass is 79.9. The average Bonchev–Trinajstić information content (AvgIpc) is 3.09. The van der Waals surface area contributed by atoms with Crippen molar-refractivity contribution in [1.29, 1.82) is 0 Å². The fraction of sp³-hybridized carbons (Fsp3) is 0.278. The van der Waals surface area contributed by atoms with Gasteiger partial charge in [0.15, 0.2) is 0 Å². The molecule has 1 atom stereocenters. The van der Waals surface area contributed by atoms with Crippen LogP contribution in [0, 0.1) is 5.92 Å². The zero-order valence-corrected chi connectivity index (χ0v) is 15.5. The summed E-state index contributed by atoms with van der Waals surface area (Å²) in [6.07, 6.45) is 0.902. The summed E-state index contributed by atoms with van der Waals surface area (Å²) in [6.45, 7) is 2.14. The van der Waals surface area contributed by atoms with Gasteiger partial charge in [-0.05, 0) is 37.2 Å². The predicted octanol–water partition coefficient (Wildman–Crippen LogP) is 3.89. The number of nitrogens with one attached hydrogen (secondary N) is 2. The van der Waals surface area contributed by atoms with E-state index in [0.717, 1.165) is 41.0 Å². The molecule has 0 bridgehead atoms. The van der Waals surface area contributed by atoms with Gasteiger partial charge in [-0.15, -0.1) is 12.4 Å². The van der Waals surface area contributed by atoms with Gasteiger partial charge >= 0.3 is 0 Å². The molecule has 128 valence electrons. The quantitative estimate of drug-likeness (QED) is 0.785. The van der Waals surface area contributed by atoms with Crippen LogP contribution in [0.3, 0.4) is 0 Å². The van der Waals surface area contributed by atoms with Crippen LogP contribution in [-0.4, -0.2) is 19.0 Å². The normalized spacial score (nSPS) is 16.3. The Labute approximate surface area is 156 Å². The standard InChI is InChI=1S/C18H19BrN2O2.ClH/c19-15-7-6-13(12-21-18(22)14-8-9-20-11-14)17(10-15)23-16-4-2-1-3-5-16;/h1-7,10,14,20H,8-9,11-12H2,(H,21,22);1H. The maximum atomic E-state index is 12.2. The van der Waals surface area contributed by atoms with Crippen molar-refractivity contribution < 1.29 is 9.53 Å². The Bertz CT molecular complexity index is 676. The average molecular weight is 412 g/mol.